The van der Waals surface area contributed by atoms with Crippen LogP contribution in [-0.4, -0.2) is 87.8 Å². The first-order chi connectivity index (χ1) is 19.1. The molecule has 40 heavy (non-hydrogen) atoms. The van der Waals surface area contributed by atoms with E-state index in [-0.39, 0.29) is 5.56 Å². The molecule has 0 bridgehead atoms. The molecule has 0 aliphatic carbocycles. The summed E-state index contributed by atoms with van der Waals surface area (Å²) < 4.78 is 18.2. The number of aromatic nitrogens is 4. The summed E-state index contributed by atoms with van der Waals surface area (Å²) >= 11 is 0. The minimum absolute atomic E-state index is 0.226. The van der Waals surface area contributed by atoms with Crippen LogP contribution in [0.2, 0.25) is 0 Å². The third-order valence-corrected chi connectivity index (χ3v) is 7.04. The Labute approximate surface area is 234 Å². The molecule has 0 atom stereocenters. The fourth-order valence-corrected chi connectivity index (χ4v) is 5.02. The molecular formula is C27H36BN7O5. The van der Waals surface area contributed by atoms with Gasteiger partial charge in [0.1, 0.15) is 30.1 Å². The van der Waals surface area contributed by atoms with Gasteiger partial charge in [0, 0.05) is 31.7 Å². The Bertz CT molecular complexity index is 1420. The molecule has 1 N–H and O–H groups in total. The number of carbonyl (C=O) groups is 1. The maximum atomic E-state index is 12.7. The predicted octanol–water partition coefficient (Wildman–Crippen LogP) is 1.82. The average molecular weight is 549 g/mol. The molecule has 3 aromatic rings. The SMILES string of the molecule is BN(Cc1cc2c(cn1)OCCO2)C1CCN(CCn2c(=O)cnc3ccc(NC(=O)OC(C)(C)C)nc32)CC1. The van der Waals surface area contributed by atoms with Crippen LogP contribution >= 0.6 is 0 Å². The Morgan fingerprint density at radius 1 is 1.12 bits per heavy atom. The van der Waals surface area contributed by atoms with Gasteiger partial charge in [-0.15, -0.1) is 0 Å². The van der Waals surface area contributed by atoms with Crippen LogP contribution in [0.15, 0.2) is 35.4 Å². The van der Waals surface area contributed by atoms with E-state index < -0.39 is 11.7 Å². The Morgan fingerprint density at radius 2 is 1.88 bits per heavy atom. The highest BCUT2D eigenvalue weighted by Gasteiger charge is 2.24. The van der Waals surface area contributed by atoms with Crippen molar-refractivity contribution in [1.29, 1.82) is 0 Å². The number of anilines is 1. The van der Waals surface area contributed by atoms with Gasteiger partial charge in [-0.05, 0) is 58.8 Å². The number of likely N-dealkylation sites (tertiary alicyclic amines) is 1. The average Bonchev–Trinajstić information content (AvgIpc) is 2.91. The molecule has 0 saturated carbocycles. The smallest absolute Gasteiger partial charge is 0.413 e. The number of rotatable bonds is 7. The van der Waals surface area contributed by atoms with E-state index >= 15 is 0 Å². The Balaban J connectivity index is 1.17. The first kappa shape index (κ1) is 27.8. The molecule has 0 spiro atoms. The van der Waals surface area contributed by atoms with Crippen LogP contribution in [0.4, 0.5) is 10.6 Å². The van der Waals surface area contributed by atoms with Gasteiger partial charge >= 0.3 is 6.09 Å². The Morgan fingerprint density at radius 3 is 2.62 bits per heavy atom. The van der Waals surface area contributed by atoms with E-state index in [4.69, 9.17) is 14.2 Å². The lowest BCUT2D eigenvalue weighted by Gasteiger charge is -2.37. The second-order valence-corrected chi connectivity index (χ2v) is 11.2. The Hall–Kier alpha value is -3.71. The van der Waals surface area contributed by atoms with Gasteiger partial charge in [0.25, 0.3) is 5.56 Å². The first-order valence-electron chi connectivity index (χ1n) is 13.7. The van der Waals surface area contributed by atoms with Crippen molar-refractivity contribution < 1.29 is 19.0 Å². The standard InChI is InChI=1S/C27H36BN7O5/c1-27(2,3)40-26(37)32-23-5-4-20-25(31-23)34(24(36)16-30-20)11-10-33-8-6-19(7-9-33)35(28)17-18-14-21-22(15-29-18)39-13-12-38-21/h4-5,14-16,19H,6-13,17,28H2,1-3H3,(H,31,32,37). The molecule has 2 aliphatic rings. The van der Waals surface area contributed by atoms with Crippen LogP contribution < -0.4 is 20.3 Å². The highest BCUT2D eigenvalue weighted by Crippen LogP contribution is 2.30. The summed E-state index contributed by atoms with van der Waals surface area (Å²) in [6, 6.07) is 5.80. The summed E-state index contributed by atoms with van der Waals surface area (Å²) in [7, 11) is 2.13. The third-order valence-electron chi connectivity index (χ3n) is 7.04. The van der Waals surface area contributed by atoms with Crippen molar-refractivity contribution in [2.45, 2.75) is 58.3 Å². The number of pyridine rings is 2. The van der Waals surface area contributed by atoms with Crippen LogP contribution in [0.5, 0.6) is 11.5 Å². The topological polar surface area (TPSA) is 124 Å². The van der Waals surface area contributed by atoms with Crippen molar-refractivity contribution in [1.82, 2.24) is 29.2 Å². The van der Waals surface area contributed by atoms with E-state index in [1.807, 2.05) is 6.07 Å². The normalized spacial score (nSPS) is 16.3. The zero-order valence-electron chi connectivity index (χ0n) is 23.6. The van der Waals surface area contributed by atoms with Gasteiger partial charge in [-0.3, -0.25) is 19.7 Å². The molecule has 1 fully saturated rings. The van der Waals surface area contributed by atoms with Crippen molar-refractivity contribution in [2.75, 3.05) is 38.2 Å². The van der Waals surface area contributed by atoms with Crippen molar-refractivity contribution in [2.24, 2.45) is 0 Å². The number of nitrogens with one attached hydrogen (secondary N) is 1. The number of ether oxygens (including phenoxy) is 3. The van der Waals surface area contributed by atoms with Crippen LogP contribution in [0.25, 0.3) is 11.2 Å². The minimum atomic E-state index is -0.630. The Kier molecular flexibility index (Phi) is 8.22. The molecule has 212 valence electrons. The molecule has 0 radical (unpaired) electrons. The van der Waals surface area contributed by atoms with Gasteiger partial charge in [-0.2, -0.15) is 0 Å². The van der Waals surface area contributed by atoms with E-state index in [1.165, 1.54) is 6.20 Å². The highest BCUT2D eigenvalue weighted by molar-refractivity contribution is 6.04. The molecule has 5 rings (SSSR count). The molecule has 3 aromatic heterocycles. The summed E-state index contributed by atoms with van der Waals surface area (Å²) in [6.07, 6.45) is 4.51. The van der Waals surface area contributed by atoms with Crippen molar-refractivity contribution in [3.8, 4) is 11.5 Å². The molecule has 5 heterocycles. The third kappa shape index (κ3) is 6.89. The van der Waals surface area contributed by atoms with Gasteiger partial charge in [-0.25, -0.2) is 14.8 Å². The lowest BCUT2D eigenvalue weighted by Crippen LogP contribution is -2.45. The summed E-state index contributed by atoms with van der Waals surface area (Å²) in [5.41, 5.74) is 1.13. The lowest BCUT2D eigenvalue weighted by atomic mass is 9.99. The minimum Gasteiger partial charge on any atom is -0.486 e. The second-order valence-electron chi connectivity index (χ2n) is 11.2. The van der Waals surface area contributed by atoms with Gasteiger partial charge in [-0.1, -0.05) is 0 Å². The number of hydrogen-bond donors (Lipinski definition) is 1. The summed E-state index contributed by atoms with van der Waals surface area (Å²) in [5, 5.41) is 2.64. The fourth-order valence-electron chi connectivity index (χ4n) is 5.02. The highest BCUT2D eigenvalue weighted by atomic mass is 16.6. The number of nitrogens with zero attached hydrogens (tertiary/aromatic N) is 6. The molecule has 0 unspecified atom stereocenters. The molecule has 12 nitrogen and oxygen atoms in total. The molecule has 1 saturated heterocycles. The second kappa shape index (κ2) is 11.8. The maximum absolute atomic E-state index is 12.7. The van der Waals surface area contributed by atoms with E-state index in [0.29, 0.717) is 55.1 Å². The van der Waals surface area contributed by atoms with Gasteiger partial charge < -0.3 is 23.9 Å². The van der Waals surface area contributed by atoms with Gasteiger partial charge in [0.05, 0.1) is 18.1 Å². The number of amides is 1. The molecular weight excluding hydrogens is 513 g/mol. The van der Waals surface area contributed by atoms with E-state index in [9.17, 15) is 9.59 Å². The molecule has 0 aromatic carbocycles. The van der Waals surface area contributed by atoms with Crippen LogP contribution in [0, 0.1) is 0 Å². The molecule has 13 heteroatoms. The first-order valence-corrected chi connectivity index (χ1v) is 13.7. The zero-order chi connectivity index (χ0) is 28.3. The van der Waals surface area contributed by atoms with Gasteiger partial charge in [0.2, 0.25) is 0 Å². The van der Waals surface area contributed by atoms with E-state index in [1.54, 1.807) is 43.7 Å². The maximum Gasteiger partial charge on any atom is 0.413 e. The summed E-state index contributed by atoms with van der Waals surface area (Å²) in [5.74, 6) is 1.78. The van der Waals surface area contributed by atoms with E-state index in [0.717, 1.165) is 43.9 Å². The fraction of sp³-hybridized carbons (Fsp3) is 0.519. The predicted molar refractivity (Wildman–Crippen MR) is 152 cm³/mol. The number of carbonyl (C=O) groups excluding carboxylic acids is 1. The van der Waals surface area contributed by atoms with E-state index in [2.05, 4.69) is 38.0 Å². The van der Waals surface area contributed by atoms with Crippen LogP contribution in [-0.2, 0) is 17.8 Å². The zero-order valence-corrected chi connectivity index (χ0v) is 23.6. The summed E-state index contributed by atoms with van der Waals surface area (Å²) in [4.78, 5) is 42.9. The summed E-state index contributed by atoms with van der Waals surface area (Å²) in [6.45, 7) is 10.3. The molecule has 1 amide bonds. The molecule has 2 aliphatic heterocycles. The van der Waals surface area contributed by atoms with Crippen LogP contribution in [0.3, 0.4) is 0 Å². The van der Waals surface area contributed by atoms with Gasteiger partial charge in [0.15, 0.2) is 25.1 Å². The number of hydrogen-bond acceptors (Lipinski definition) is 10. The van der Waals surface area contributed by atoms with Crippen molar-refractivity contribution in [3.63, 3.8) is 0 Å². The van der Waals surface area contributed by atoms with Crippen molar-refractivity contribution >= 4 is 31.1 Å². The number of fused-ring (bicyclic) bond motifs is 2. The lowest BCUT2D eigenvalue weighted by molar-refractivity contribution is 0.0635. The quantitative estimate of drug-likeness (QED) is 0.437. The number of piperidine rings is 1. The van der Waals surface area contributed by atoms with Crippen molar-refractivity contribution in [3.05, 3.63) is 46.6 Å². The monoisotopic (exact) mass is 549 g/mol. The van der Waals surface area contributed by atoms with Crippen LogP contribution in [0.1, 0.15) is 39.3 Å². The largest absolute Gasteiger partial charge is 0.486 e.